The Bertz CT molecular complexity index is 640. The van der Waals surface area contributed by atoms with Gasteiger partial charge in [0.1, 0.15) is 0 Å². The van der Waals surface area contributed by atoms with Crippen molar-refractivity contribution in [1.82, 2.24) is 9.88 Å². The minimum absolute atomic E-state index is 0.578. The van der Waals surface area contributed by atoms with Crippen LogP contribution in [0.15, 0.2) is 30.3 Å². The van der Waals surface area contributed by atoms with Gasteiger partial charge in [0.15, 0.2) is 0 Å². The lowest BCUT2D eigenvalue weighted by Crippen LogP contribution is -2.28. The van der Waals surface area contributed by atoms with Crippen molar-refractivity contribution in [3.63, 3.8) is 0 Å². The summed E-state index contributed by atoms with van der Waals surface area (Å²) in [5, 5.41) is 10.1. The molecule has 0 fully saturated rings. The number of hydrogen-bond donors (Lipinski definition) is 0. The number of benzene rings is 1. The van der Waals surface area contributed by atoms with Gasteiger partial charge in [-0.25, -0.2) is 0 Å². The quantitative estimate of drug-likeness (QED) is 0.806. The topological polar surface area (TPSA) is 39.9 Å². The summed E-state index contributed by atoms with van der Waals surface area (Å²) in [5.41, 5.74) is 3.41. The summed E-state index contributed by atoms with van der Waals surface area (Å²) < 4.78 is 0. The monoisotopic (exact) mass is 281 g/mol. The maximum absolute atomic E-state index is 8.84. The Morgan fingerprint density at radius 2 is 2.05 bits per heavy atom. The molecule has 0 aliphatic carbocycles. The maximum atomic E-state index is 8.84. The Morgan fingerprint density at radius 3 is 2.76 bits per heavy atom. The van der Waals surface area contributed by atoms with E-state index in [9.17, 15) is 0 Å². The van der Waals surface area contributed by atoms with Gasteiger partial charge >= 0.3 is 0 Å². The summed E-state index contributed by atoms with van der Waals surface area (Å²) in [6.07, 6.45) is 0.578. The first kappa shape index (κ1) is 15.5. The second kappa shape index (κ2) is 7.19. The minimum atomic E-state index is 0.578. The molecule has 2 rings (SSSR count). The molecule has 0 N–H and O–H groups in total. The molecule has 0 unspecified atom stereocenters. The zero-order chi connectivity index (χ0) is 15.2. The molecule has 0 spiro atoms. The molecule has 0 amide bonds. The van der Waals surface area contributed by atoms with Gasteiger partial charge in [-0.05, 0) is 30.5 Å². The van der Waals surface area contributed by atoms with Crippen LogP contribution >= 0.6 is 0 Å². The summed E-state index contributed by atoms with van der Waals surface area (Å²) in [4.78, 5) is 6.97. The first-order chi connectivity index (χ1) is 10.1. The summed E-state index contributed by atoms with van der Waals surface area (Å²) in [7, 11) is 0. The van der Waals surface area contributed by atoms with E-state index in [-0.39, 0.29) is 0 Å². The number of aryl methyl sites for hydroxylation is 1. The highest BCUT2D eigenvalue weighted by Crippen LogP contribution is 2.20. The maximum Gasteiger partial charge on any atom is 0.0708 e. The predicted octanol–water partition coefficient (Wildman–Crippen LogP) is 3.91. The smallest absolute Gasteiger partial charge is 0.0708 e. The van der Waals surface area contributed by atoms with E-state index in [2.05, 4.69) is 54.1 Å². The van der Waals surface area contributed by atoms with Crippen LogP contribution < -0.4 is 0 Å². The molecular formula is C18H23N3. The molecule has 3 nitrogen and oxygen atoms in total. The van der Waals surface area contributed by atoms with Crippen LogP contribution in [0.1, 0.15) is 31.5 Å². The van der Waals surface area contributed by atoms with Gasteiger partial charge in [-0.1, -0.05) is 32.0 Å². The van der Waals surface area contributed by atoms with Crippen LogP contribution in [0.5, 0.6) is 0 Å². The summed E-state index contributed by atoms with van der Waals surface area (Å²) in [5.74, 6) is 0.595. The van der Waals surface area contributed by atoms with Crippen molar-refractivity contribution in [2.24, 2.45) is 5.92 Å². The molecule has 110 valence electrons. The number of rotatable bonds is 6. The van der Waals surface area contributed by atoms with Crippen LogP contribution in [0, 0.1) is 24.2 Å². The second-order valence-corrected chi connectivity index (χ2v) is 5.98. The van der Waals surface area contributed by atoms with E-state index in [0.717, 1.165) is 30.8 Å². The number of pyridine rings is 1. The number of para-hydroxylation sites is 1. The van der Waals surface area contributed by atoms with Crippen LogP contribution in [0.3, 0.4) is 0 Å². The van der Waals surface area contributed by atoms with Crippen LogP contribution in [0.4, 0.5) is 0 Å². The first-order valence-electron chi connectivity index (χ1n) is 7.54. The third-order valence-corrected chi connectivity index (χ3v) is 3.49. The highest BCUT2D eigenvalue weighted by Gasteiger charge is 2.11. The molecule has 0 radical (unpaired) electrons. The fraction of sp³-hybridized carbons (Fsp3) is 0.444. The van der Waals surface area contributed by atoms with Crippen molar-refractivity contribution in [3.05, 3.63) is 41.6 Å². The lowest BCUT2D eigenvalue weighted by Gasteiger charge is -2.24. The van der Waals surface area contributed by atoms with Crippen molar-refractivity contribution in [2.75, 3.05) is 13.1 Å². The second-order valence-electron chi connectivity index (χ2n) is 5.98. The fourth-order valence-electron chi connectivity index (χ4n) is 2.73. The van der Waals surface area contributed by atoms with Gasteiger partial charge in [-0.15, -0.1) is 0 Å². The summed E-state index contributed by atoms with van der Waals surface area (Å²) >= 11 is 0. The Hall–Kier alpha value is -1.92. The van der Waals surface area contributed by atoms with Gasteiger partial charge < -0.3 is 0 Å². The van der Waals surface area contributed by atoms with Gasteiger partial charge in [-0.2, -0.15) is 5.26 Å². The van der Waals surface area contributed by atoms with Crippen molar-refractivity contribution in [2.45, 2.75) is 33.7 Å². The molecule has 1 aromatic carbocycles. The number of hydrogen-bond acceptors (Lipinski definition) is 3. The lowest BCUT2D eigenvalue weighted by molar-refractivity contribution is 0.242. The average molecular weight is 281 g/mol. The molecule has 0 saturated heterocycles. The molecule has 0 aliphatic heterocycles. The highest BCUT2D eigenvalue weighted by molar-refractivity contribution is 5.82. The normalized spacial score (nSPS) is 11.2. The van der Waals surface area contributed by atoms with Gasteiger partial charge in [-0.3, -0.25) is 9.88 Å². The first-order valence-corrected chi connectivity index (χ1v) is 7.54. The summed E-state index contributed by atoms with van der Waals surface area (Å²) in [6.45, 7) is 9.19. The number of fused-ring (bicyclic) bond motifs is 1. The van der Waals surface area contributed by atoms with Crippen molar-refractivity contribution in [3.8, 4) is 6.07 Å². The van der Waals surface area contributed by atoms with E-state index in [0.29, 0.717) is 12.3 Å². The zero-order valence-corrected chi connectivity index (χ0v) is 13.1. The molecule has 2 aromatic rings. The van der Waals surface area contributed by atoms with E-state index >= 15 is 0 Å². The van der Waals surface area contributed by atoms with E-state index in [4.69, 9.17) is 5.26 Å². The van der Waals surface area contributed by atoms with Crippen molar-refractivity contribution < 1.29 is 0 Å². The van der Waals surface area contributed by atoms with Crippen LogP contribution in [-0.4, -0.2) is 23.0 Å². The van der Waals surface area contributed by atoms with E-state index in [1.54, 1.807) is 0 Å². The molecule has 0 aliphatic rings. The van der Waals surface area contributed by atoms with E-state index in [1.165, 1.54) is 10.9 Å². The Labute approximate surface area is 127 Å². The highest BCUT2D eigenvalue weighted by atomic mass is 15.1. The van der Waals surface area contributed by atoms with Crippen molar-refractivity contribution >= 4 is 10.9 Å². The van der Waals surface area contributed by atoms with Crippen molar-refractivity contribution in [1.29, 1.82) is 5.26 Å². The fourth-order valence-corrected chi connectivity index (χ4v) is 2.73. The molecule has 1 aromatic heterocycles. The number of aromatic nitrogens is 1. The van der Waals surface area contributed by atoms with Gasteiger partial charge in [0.05, 0.1) is 11.6 Å². The third kappa shape index (κ3) is 4.27. The number of nitrogens with zero attached hydrogens (tertiary/aromatic N) is 3. The molecule has 21 heavy (non-hydrogen) atoms. The Morgan fingerprint density at radius 1 is 1.29 bits per heavy atom. The molecule has 0 atom stereocenters. The molecule has 0 bridgehead atoms. The standard InChI is InChI=1S/C18H23N3/c1-14(2)12-21(10-6-9-19)13-16-11-15(3)20-18-8-5-4-7-17(16)18/h4-5,7-8,11,14H,6,10,12-13H2,1-3H3. The average Bonchev–Trinajstić information content (AvgIpc) is 2.44. The Balaban J connectivity index is 2.29. The predicted molar refractivity (Wildman–Crippen MR) is 86.8 cm³/mol. The molecule has 1 heterocycles. The van der Waals surface area contributed by atoms with Gasteiger partial charge in [0.25, 0.3) is 0 Å². The number of nitriles is 1. The third-order valence-electron chi connectivity index (χ3n) is 3.49. The Kier molecular flexibility index (Phi) is 5.30. The van der Waals surface area contributed by atoms with Crippen LogP contribution in [0.2, 0.25) is 0 Å². The van der Waals surface area contributed by atoms with Crippen LogP contribution in [-0.2, 0) is 6.54 Å². The van der Waals surface area contributed by atoms with Crippen LogP contribution in [0.25, 0.3) is 10.9 Å². The zero-order valence-electron chi connectivity index (χ0n) is 13.1. The van der Waals surface area contributed by atoms with E-state index < -0.39 is 0 Å². The van der Waals surface area contributed by atoms with Gasteiger partial charge in [0.2, 0.25) is 0 Å². The SMILES string of the molecule is Cc1cc(CN(CCC#N)CC(C)C)c2ccccc2n1. The summed E-state index contributed by atoms with van der Waals surface area (Å²) in [6, 6.07) is 12.7. The molecular weight excluding hydrogens is 258 g/mol. The molecule has 0 saturated carbocycles. The minimum Gasteiger partial charge on any atom is -0.298 e. The molecule has 3 heteroatoms. The largest absolute Gasteiger partial charge is 0.298 e. The van der Waals surface area contributed by atoms with Gasteiger partial charge in [0, 0.05) is 37.1 Å². The lowest BCUT2D eigenvalue weighted by atomic mass is 10.1. The van der Waals surface area contributed by atoms with E-state index in [1.807, 2.05) is 13.0 Å².